The van der Waals surface area contributed by atoms with Gasteiger partial charge < -0.3 is 10.8 Å². The molecule has 1 aromatic heterocycles. The van der Waals surface area contributed by atoms with Crippen LogP contribution in [0.3, 0.4) is 0 Å². The monoisotopic (exact) mass is 304 g/mol. The molecule has 108 valence electrons. The summed E-state index contributed by atoms with van der Waals surface area (Å²) in [7, 11) is -3.53. The molecular weight excluding hydrogens is 284 g/mol. The Morgan fingerprint density at radius 3 is 2.58 bits per heavy atom. The maximum absolute atomic E-state index is 12.6. The van der Waals surface area contributed by atoms with Crippen LogP contribution in [0.5, 0.6) is 0 Å². The number of rotatable bonds is 5. The highest BCUT2D eigenvalue weighted by Crippen LogP contribution is 2.30. The first kappa shape index (κ1) is 14.8. The van der Waals surface area contributed by atoms with Gasteiger partial charge in [0.15, 0.2) is 0 Å². The maximum atomic E-state index is 12.6. The quantitative estimate of drug-likeness (QED) is 0.866. The molecule has 0 aromatic carbocycles. The lowest BCUT2D eigenvalue weighted by molar-refractivity contribution is 0.199. The molecule has 3 N–H and O–H groups in total. The lowest BCUT2D eigenvalue weighted by Gasteiger charge is -2.32. The van der Waals surface area contributed by atoms with Crippen molar-refractivity contribution < 1.29 is 13.5 Å². The zero-order valence-electron chi connectivity index (χ0n) is 10.8. The first-order valence-electron chi connectivity index (χ1n) is 6.52. The van der Waals surface area contributed by atoms with E-state index in [1.54, 1.807) is 5.38 Å². The number of aliphatic hydroxyl groups is 1. The molecule has 2 rings (SSSR count). The molecule has 0 amide bonds. The van der Waals surface area contributed by atoms with E-state index in [4.69, 9.17) is 10.8 Å². The van der Waals surface area contributed by atoms with Gasteiger partial charge >= 0.3 is 0 Å². The summed E-state index contributed by atoms with van der Waals surface area (Å²) in [5.74, 6) is 0. The van der Waals surface area contributed by atoms with Gasteiger partial charge in [-0.2, -0.15) is 4.31 Å². The summed E-state index contributed by atoms with van der Waals surface area (Å²) in [5.41, 5.74) is 6.07. The van der Waals surface area contributed by atoms with Gasteiger partial charge in [0.05, 0.1) is 6.61 Å². The highest BCUT2D eigenvalue weighted by atomic mass is 32.2. The molecule has 1 aliphatic rings. The predicted octanol–water partition coefficient (Wildman–Crippen LogP) is 1.65. The Bertz CT molecular complexity index is 507. The first-order chi connectivity index (χ1) is 9.05. The number of hydrogen-bond donors (Lipinski definition) is 2. The summed E-state index contributed by atoms with van der Waals surface area (Å²) in [5, 5.41) is 10.8. The number of hydrogen-bond acceptors (Lipinski definition) is 5. The summed E-state index contributed by atoms with van der Waals surface area (Å²) in [4.78, 5) is 0. The lowest BCUT2D eigenvalue weighted by Crippen LogP contribution is -2.42. The number of nitrogen functional groups attached to an aromatic ring is 1. The van der Waals surface area contributed by atoms with E-state index in [9.17, 15) is 8.42 Å². The fourth-order valence-corrected chi connectivity index (χ4v) is 5.43. The van der Waals surface area contributed by atoms with Crippen molar-refractivity contribution in [3.63, 3.8) is 0 Å². The highest BCUT2D eigenvalue weighted by molar-refractivity contribution is 7.91. The average Bonchev–Trinajstić information content (AvgIpc) is 2.84. The van der Waals surface area contributed by atoms with Crippen molar-refractivity contribution in [2.24, 2.45) is 0 Å². The van der Waals surface area contributed by atoms with Crippen molar-refractivity contribution in [2.75, 3.05) is 18.9 Å². The zero-order valence-corrected chi connectivity index (χ0v) is 12.4. The molecule has 1 fully saturated rings. The second-order valence-corrected chi connectivity index (χ2v) is 7.86. The minimum Gasteiger partial charge on any atom is -0.398 e. The minimum atomic E-state index is -3.53. The summed E-state index contributed by atoms with van der Waals surface area (Å²) in [6, 6.07) is 1.50. The molecule has 19 heavy (non-hydrogen) atoms. The van der Waals surface area contributed by atoms with Gasteiger partial charge in [0.1, 0.15) is 4.21 Å². The Morgan fingerprint density at radius 1 is 1.37 bits per heavy atom. The van der Waals surface area contributed by atoms with Gasteiger partial charge in [0, 0.05) is 23.7 Å². The van der Waals surface area contributed by atoms with Crippen LogP contribution in [0.2, 0.25) is 0 Å². The maximum Gasteiger partial charge on any atom is 0.252 e. The standard InChI is InChI=1S/C12H20N2O3S2/c13-10-8-12(18-9-10)19(16,17)14(6-7-15)11-4-2-1-3-5-11/h8-9,11,15H,1-7,13H2. The summed E-state index contributed by atoms with van der Waals surface area (Å²) < 4.78 is 26.9. The molecular formula is C12H20N2O3S2. The van der Waals surface area contributed by atoms with Gasteiger partial charge in [-0.3, -0.25) is 0 Å². The van der Waals surface area contributed by atoms with E-state index in [2.05, 4.69) is 0 Å². The summed E-state index contributed by atoms with van der Waals surface area (Å²) in [6.45, 7) is 0.00138. The van der Waals surface area contributed by atoms with Crippen molar-refractivity contribution in [3.05, 3.63) is 11.4 Å². The number of aliphatic hydroxyl groups excluding tert-OH is 1. The molecule has 0 aliphatic heterocycles. The Balaban J connectivity index is 2.26. The topological polar surface area (TPSA) is 83.6 Å². The molecule has 1 aromatic rings. The number of sulfonamides is 1. The third-order valence-corrected chi connectivity index (χ3v) is 6.85. The van der Waals surface area contributed by atoms with Crippen LogP contribution >= 0.6 is 11.3 Å². The van der Waals surface area contributed by atoms with Crippen LogP contribution in [0, 0.1) is 0 Å². The third-order valence-electron chi connectivity index (χ3n) is 3.46. The Kier molecular flexibility index (Phi) is 4.83. The van der Waals surface area contributed by atoms with E-state index in [0.717, 1.165) is 43.4 Å². The molecule has 0 atom stereocenters. The lowest BCUT2D eigenvalue weighted by atomic mass is 9.95. The SMILES string of the molecule is Nc1csc(S(=O)(=O)N(CCO)C2CCCCC2)c1. The Labute approximate surface area is 118 Å². The van der Waals surface area contributed by atoms with E-state index in [-0.39, 0.29) is 23.4 Å². The van der Waals surface area contributed by atoms with Crippen LogP contribution in [0.1, 0.15) is 32.1 Å². The number of thiophene rings is 1. The smallest absolute Gasteiger partial charge is 0.252 e. The second kappa shape index (κ2) is 6.21. The molecule has 5 nitrogen and oxygen atoms in total. The van der Waals surface area contributed by atoms with Crippen LogP contribution in [0.25, 0.3) is 0 Å². The summed E-state index contributed by atoms with van der Waals surface area (Å²) >= 11 is 1.14. The molecule has 0 saturated heterocycles. The molecule has 1 aliphatic carbocycles. The van der Waals surface area contributed by atoms with Crippen LogP contribution in [-0.2, 0) is 10.0 Å². The van der Waals surface area contributed by atoms with Gasteiger partial charge in [-0.05, 0) is 18.9 Å². The zero-order chi connectivity index (χ0) is 13.9. The normalized spacial score (nSPS) is 18.0. The second-order valence-electron chi connectivity index (χ2n) is 4.83. The van der Waals surface area contributed by atoms with Crippen LogP contribution in [0.4, 0.5) is 5.69 Å². The van der Waals surface area contributed by atoms with Gasteiger partial charge in [0.25, 0.3) is 10.0 Å². The van der Waals surface area contributed by atoms with Crippen molar-refractivity contribution in [1.29, 1.82) is 0 Å². The average molecular weight is 304 g/mol. The molecule has 0 bridgehead atoms. The fraction of sp³-hybridized carbons (Fsp3) is 0.667. The Morgan fingerprint density at radius 2 is 2.05 bits per heavy atom. The first-order valence-corrected chi connectivity index (χ1v) is 8.84. The largest absolute Gasteiger partial charge is 0.398 e. The third kappa shape index (κ3) is 3.28. The van der Waals surface area contributed by atoms with Gasteiger partial charge in [0.2, 0.25) is 0 Å². The molecule has 1 saturated carbocycles. The molecule has 1 heterocycles. The molecule has 7 heteroatoms. The van der Waals surface area contributed by atoms with Gasteiger partial charge in [-0.25, -0.2) is 8.42 Å². The van der Waals surface area contributed by atoms with E-state index in [1.165, 1.54) is 10.4 Å². The van der Waals surface area contributed by atoms with Crippen molar-refractivity contribution >= 4 is 27.0 Å². The van der Waals surface area contributed by atoms with E-state index in [0.29, 0.717) is 5.69 Å². The van der Waals surface area contributed by atoms with Crippen LogP contribution < -0.4 is 5.73 Å². The van der Waals surface area contributed by atoms with Crippen molar-refractivity contribution in [3.8, 4) is 0 Å². The van der Waals surface area contributed by atoms with E-state index in [1.807, 2.05) is 0 Å². The number of anilines is 1. The van der Waals surface area contributed by atoms with Gasteiger partial charge in [-0.1, -0.05) is 19.3 Å². The van der Waals surface area contributed by atoms with Crippen LogP contribution in [0.15, 0.2) is 15.7 Å². The fourth-order valence-electron chi connectivity index (χ4n) is 2.55. The van der Waals surface area contributed by atoms with E-state index >= 15 is 0 Å². The van der Waals surface area contributed by atoms with E-state index < -0.39 is 10.0 Å². The molecule has 0 unspecified atom stereocenters. The highest BCUT2D eigenvalue weighted by Gasteiger charge is 2.32. The minimum absolute atomic E-state index is 0.00854. The molecule has 0 radical (unpaired) electrons. The number of nitrogens with zero attached hydrogens (tertiary/aromatic N) is 1. The van der Waals surface area contributed by atoms with Crippen LogP contribution in [-0.4, -0.2) is 37.0 Å². The summed E-state index contributed by atoms with van der Waals surface area (Å²) in [6.07, 6.45) is 5.01. The van der Waals surface area contributed by atoms with Gasteiger partial charge in [-0.15, -0.1) is 11.3 Å². The van der Waals surface area contributed by atoms with Crippen molar-refractivity contribution in [1.82, 2.24) is 4.31 Å². The number of nitrogens with two attached hydrogens (primary N) is 1. The van der Waals surface area contributed by atoms with Crippen molar-refractivity contribution in [2.45, 2.75) is 42.4 Å². The predicted molar refractivity (Wildman–Crippen MR) is 76.6 cm³/mol. The molecule has 0 spiro atoms. The Hall–Kier alpha value is -0.630.